The molecule has 1 fully saturated rings. The average molecular weight is 295 g/mol. The van der Waals surface area contributed by atoms with E-state index in [0.717, 1.165) is 12.8 Å². The van der Waals surface area contributed by atoms with Gasteiger partial charge in [0.1, 0.15) is 5.82 Å². The van der Waals surface area contributed by atoms with Crippen LogP contribution < -0.4 is 5.32 Å². The van der Waals surface area contributed by atoms with Gasteiger partial charge in [-0.1, -0.05) is 38.0 Å². The summed E-state index contributed by atoms with van der Waals surface area (Å²) < 4.78 is 14.3. The Hall–Kier alpha value is -1.62. The number of aliphatic hydroxyl groups is 1. The molecule has 3 N–H and O–H groups in total. The maximum absolute atomic E-state index is 14.3. The molecule has 0 aliphatic heterocycles. The fraction of sp³-hybridized carbons (Fsp3) is 0.562. The van der Waals surface area contributed by atoms with Crippen LogP contribution in [0.5, 0.6) is 0 Å². The Bertz CT molecular complexity index is 508. The van der Waals surface area contributed by atoms with Crippen molar-refractivity contribution in [3.05, 3.63) is 35.6 Å². The summed E-state index contributed by atoms with van der Waals surface area (Å²) in [5.41, 5.74) is -0.713. The molecule has 1 aromatic carbocycles. The second kappa shape index (κ2) is 6.43. The smallest absolute Gasteiger partial charge is 0.405 e. The van der Waals surface area contributed by atoms with Crippen molar-refractivity contribution in [2.24, 2.45) is 5.92 Å². The van der Waals surface area contributed by atoms with E-state index in [-0.39, 0.29) is 5.92 Å². The molecule has 4 nitrogen and oxygen atoms in total. The second-order valence-corrected chi connectivity index (χ2v) is 5.71. The van der Waals surface area contributed by atoms with Crippen LogP contribution in [0.15, 0.2) is 24.3 Å². The minimum atomic E-state index is -1.19. The van der Waals surface area contributed by atoms with Gasteiger partial charge in [0, 0.05) is 11.5 Å². The van der Waals surface area contributed by atoms with Crippen molar-refractivity contribution in [2.45, 2.75) is 50.7 Å². The Balaban J connectivity index is 2.53. The molecule has 1 aliphatic rings. The maximum Gasteiger partial charge on any atom is 0.405 e. The highest BCUT2D eigenvalue weighted by atomic mass is 19.1. The van der Waals surface area contributed by atoms with E-state index in [1.54, 1.807) is 18.2 Å². The molecule has 116 valence electrons. The third-order valence-corrected chi connectivity index (χ3v) is 4.54. The van der Waals surface area contributed by atoms with E-state index in [2.05, 4.69) is 5.32 Å². The zero-order valence-corrected chi connectivity index (χ0v) is 12.2. The molecule has 0 bridgehead atoms. The molecule has 1 aromatic rings. The van der Waals surface area contributed by atoms with E-state index in [9.17, 15) is 19.4 Å². The van der Waals surface area contributed by atoms with Crippen molar-refractivity contribution >= 4 is 6.09 Å². The minimum absolute atomic E-state index is 0.316. The molecule has 2 rings (SSSR count). The van der Waals surface area contributed by atoms with Crippen molar-refractivity contribution in [1.82, 2.24) is 5.32 Å². The maximum atomic E-state index is 14.3. The molecule has 0 saturated heterocycles. The number of hydrogen-bond donors (Lipinski definition) is 3. The summed E-state index contributed by atoms with van der Waals surface area (Å²) in [7, 11) is 0. The number of rotatable bonds is 4. The molecule has 1 aliphatic carbocycles. The van der Waals surface area contributed by atoms with E-state index in [1.165, 1.54) is 6.07 Å². The lowest BCUT2D eigenvalue weighted by atomic mass is 9.66. The molecule has 1 saturated carbocycles. The fourth-order valence-corrected chi connectivity index (χ4v) is 3.58. The Labute approximate surface area is 124 Å². The third kappa shape index (κ3) is 3.02. The fourth-order valence-electron chi connectivity index (χ4n) is 3.58. The van der Waals surface area contributed by atoms with E-state index < -0.39 is 23.6 Å². The molecule has 0 heterocycles. The van der Waals surface area contributed by atoms with Gasteiger partial charge in [-0.2, -0.15) is 0 Å². The van der Waals surface area contributed by atoms with E-state index in [4.69, 9.17) is 0 Å². The van der Waals surface area contributed by atoms with Gasteiger partial charge in [0.15, 0.2) is 0 Å². The van der Waals surface area contributed by atoms with Gasteiger partial charge in [-0.25, -0.2) is 9.18 Å². The predicted octanol–water partition coefficient (Wildman–Crippen LogP) is 3.25. The van der Waals surface area contributed by atoms with Crippen LogP contribution in [0, 0.1) is 11.7 Å². The molecule has 3 atom stereocenters. The van der Waals surface area contributed by atoms with Crippen molar-refractivity contribution in [2.75, 3.05) is 0 Å². The van der Waals surface area contributed by atoms with Crippen LogP contribution in [0.1, 0.15) is 44.6 Å². The average Bonchev–Trinajstić information content (AvgIpc) is 2.46. The third-order valence-electron chi connectivity index (χ3n) is 4.54. The molecule has 5 heteroatoms. The van der Waals surface area contributed by atoms with Gasteiger partial charge in [0.05, 0.1) is 11.6 Å². The van der Waals surface area contributed by atoms with Crippen LogP contribution in [0.2, 0.25) is 0 Å². The lowest BCUT2D eigenvalue weighted by Crippen LogP contribution is -2.56. The van der Waals surface area contributed by atoms with Gasteiger partial charge in [-0.3, -0.25) is 0 Å². The van der Waals surface area contributed by atoms with Gasteiger partial charge in [0.25, 0.3) is 0 Å². The first-order valence-electron chi connectivity index (χ1n) is 7.45. The predicted molar refractivity (Wildman–Crippen MR) is 77.5 cm³/mol. The van der Waals surface area contributed by atoms with Gasteiger partial charge in [0.2, 0.25) is 0 Å². The van der Waals surface area contributed by atoms with Crippen LogP contribution in [0.25, 0.3) is 0 Å². The summed E-state index contributed by atoms with van der Waals surface area (Å²) in [6, 6.07) is 6.24. The topological polar surface area (TPSA) is 69.6 Å². The number of aliphatic hydroxyl groups excluding tert-OH is 1. The molecule has 21 heavy (non-hydrogen) atoms. The van der Waals surface area contributed by atoms with Crippen molar-refractivity contribution < 1.29 is 19.4 Å². The summed E-state index contributed by atoms with van der Waals surface area (Å²) >= 11 is 0. The van der Waals surface area contributed by atoms with Crippen molar-refractivity contribution in [3.8, 4) is 0 Å². The summed E-state index contributed by atoms with van der Waals surface area (Å²) in [4.78, 5) is 11.3. The van der Waals surface area contributed by atoms with Crippen LogP contribution >= 0.6 is 0 Å². The Morgan fingerprint density at radius 3 is 2.81 bits per heavy atom. The van der Waals surface area contributed by atoms with Gasteiger partial charge in [-0.05, 0) is 25.3 Å². The highest BCUT2D eigenvalue weighted by Crippen LogP contribution is 2.44. The number of nitrogens with one attached hydrogen (secondary N) is 1. The van der Waals surface area contributed by atoms with Crippen LogP contribution in [-0.2, 0) is 5.54 Å². The van der Waals surface area contributed by atoms with Crippen molar-refractivity contribution in [1.29, 1.82) is 0 Å². The highest BCUT2D eigenvalue weighted by molar-refractivity contribution is 5.66. The number of benzene rings is 1. The monoisotopic (exact) mass is 295 g/mol. The normalized spacial score (nSPS) is 27.1. The zero-order chi connectivity index (χ0) is 15.5. The first-order chi connectivity index (χ1) is 10.0. The first kappa shape index (κ1) is 15.8. The van der Waals surface area contributed by atoms with Gasteiger partial charge in [-0.15, -0.1) is 0 Å². The SMILES string of the molecule is CCC(O)C1CCCCC1(NC(=O)O)c1ccccc1F. The number of carboxylic acid groups (broad SMARTS) is 1. The molecular weight excluding hydrogens is 273 g/mol. The van der Waals surface area contributed by atoms with Crippen LogP contribution in [0.3, 0.4) is 0 Å². The summed E-state index contributed by atoms with van der Waals surface area (Å²) in [6.07, 6.45) is 1.58. The molecule has 3 unspecified atom stereocenters. The first-order valence-corrected chi connectivity index (χ1v) is 7.45. The standard InChI is InChI=1S/C16H22FNO3/c1-2-14(19)12-8-5-6-10-16(12,18-15(20)21)11-7-3-4-9-13(11)17/h3-4,7,9,12,14,18-19H,2,5-6,8,10H2,1H3,(H,20,21). The Kier molecular flexibility index (Phi) is 4.83. The minimum Gasteiger partial charge on any atom is -0.465 e. The molecule has 0 spiro atoms. The number of carbonyl (C=O) groups is 1. The number of halogens is 1. The zero-order valence-electron chi connectivity index (χ0n) is 12.2. The molecule has 1 amide bonds. The molecular formula is C16H22FNO3. The van der Waals surface area contributed by atoms with Gasteiger partial charge >= 0.3 is 6.09 Å². The van der Waals surface area contributed by atoms with Crippen LogP contribution in [0.4, 0.5) is 9.18 Å². The largest absolute Gasteiger partial charge is 0.465 e. The quantitative estimate of drug-likeness (QED) is 0.798. The van der Waals surface area contributed by atoms with E-state index in [1.807, 2.05) is 6.92 Å². The Morgan fingerprint density at radius 1 is 1.48 bits per heavy atom. The highest BCUT2D eigenvalue weighted by Gasteiger charge is 2.47. The number of hydrogen-bond acceptors (Lipinski definition) is 2. The summed E-state index contributed by atoms with van der Waals surface area (Å²) in [5.74, 6) is -0.745. The molecule has 0 aromatic heterocycles. The summed E-state index contributed by atoms with van der Waals surface area (Å²) in [5, 5.41) is 22.1. The lowest BCUT2D eigenvalue weighted by Gasteiger charge is -2.46. The molecule has 0 radical (unpaired) electrons. The van der Waals surface area contributed by atoms with Gasteiger partial charge < -0.3 is 15.5 Å². The van der Waals surface area contributed by atoms with Crippen molar-refractivity contribution in [3.63, 3.8) is 0 Å². The van der Waals surface area contributed by atoms with Crippen LogP contribution in [-0.4, -0.2) is 22.4 Å². The Morgan fingerprint density at radius 2 is 2.19 bits per heavy atom. The number of amides is 1. The second-order valence-electron chi connectivity index (χ2n) is 5.71. The van der Waals surface area contributed by atoms with E-state index >= 15 is 0 Å². The van der Waals surface area contributed by atoms with E-state index in [0.29, 0.717) is 24.8 Å². The lowest BCUT2D eigenvalue weighted by molar-refractivity contribution is 0.00970. The summed E-state index contributed by atoms with van der Waals surface area (Å²) in [6.45, 7) is 1.85.